The number of amides is 3. The summed E-state index contributed by atoms with van der Waals surface area (Å²) >= 11 is 3.92. The molecule has 0 aliphatic heterocycles. The van der Waals surface area contributed by atoms with E-state index < -0.39 is 85.2 Å². The maximum atomic E-state index is 12.5. The minimum Gasteiger partial charge on any atom is -0.481 e. The van der Waals surface area contributed by atoms with Gasteiger partial charge in [0.1, 0.15) is 18.1 Å². The molecule has 0 heterocycles. The summed E-state index contributed by atoms with van der Waals surface area (Å²) in [6.45, 7) is 1.18. The van der Waals surface area contributed by atoms with E-state index in [0.717, 1.165) is 0 Å². The molecule has 0 saturated carbocycles. The Hall–Kier alpha value is -2.91. The molecule has 15 heteroatoms. The Labute approximate surface area is 188 Å². The molecular formula is C17H28N4O10S. The van der Waals surface area contributed by atoms with Gasteiger partial charge in [-0.25, -0.2) is 4.79 Å². The molecule has 0 radical (unpaired) electrons. The van der Waals surface area contributed by atoms with Crippen LogP contribution in [0.15, 0.2) is 0 Å². The quantitative estimate of drug-likeness (QED) is 0.106. The average molecular weight is 480 g/mol. The maximum Gasteiger partial charge on any atom is 0.326 e. The number of hydrogen-bond acceptors (Lipinski definition) is 9. The summed E-state index contributed by atoms with van der Waals surface area (Å²) in [6.07, 6.45) is -2.97. The number of nitrogens with one attached hydrogen (secondary N) is 3. The van der Waals surface area contributed by atoms with Gasteiger partial charge in [0, 0.05) is 18.6 Å². The van der Waals surface area contributed by atoms with Crippen molar-refractivity contribution < 1.29 is 49.2 Å². The Balaban J connectivity index is 5.14. The highest BCUT2D eigenvalue weighted by atomic mass is 32.1. The van der Waals surface area contributed by atoms with Crippen molar-refractivity contribution in [3.63, 3.8) is 0 Å². The van der Waals surface area contributed by atoms with Gasteiger partial charge in [-0.05, 0) is 19.8 Å². The second kappa shape index (κ2) is 14.2. The normalized spacial score (nSPS) is 15.4. The van der Waals surface area contributed by atoms with Crippen LogP contribution in [0.4, 0.5) is 0 Å². The number of rotatable bonds is 15. The van der Waals surface area contributed by atoms with Crippen molar-refractivity contribution in [1.29, 1.82) is 0 Å². The number of carbonyl (C=O) groups is 6. The molecule has 14 nitrogen and oxygen atoms in total. The van der Waals surface area contributed by atoms with Gasteiger partial charge in [0.25, 0.3) is 0 Å². The summed E-state index contributed by atoms with van der Waals surface area (Å²) in [4.78, 5) is 69.3. The fraction of sp³-hybridized carbons (Fsp3) is 0.647. The third-order valence-electron chi connectivity index (χ3n) is 4.15. The van der Waals surface area contributed by atoms with Crippen LogP contribution in [0.5, 0.6) is 0 Å². The van der Waals surface area contributed by atoms with Crippen molar-refractivity contribution in [3.05, 3.63) is 0 Å². The van der Waals surface area contributed by atoms with Crippen molar-refractivity contribution in [2.75, 3.05) is 5.75 Å². The lowest BCUT2D eigenvalue weighted by atomic mass is 10.1. The van der Waals surface area contributed by atoms with Gasteiger partial charge in [0.05, 0.1) is 12.1 Å². The van der Waals surface area contributed by atoms with E-state index >= 15 is 0 Å². The van der Waals surface area contributed by atoms with Gasteiger partial charge in [-0.15, -0.1) is 0 Å². The molecule has 0 fully saturated rings. The molecule has 0 aromatic carbocycles. The lowest BCUT2D eigenvalue weighted by Crippen LogP contribution is -2.60. The third kappa shape index (κ3) is 10.9. The molecule has 32 heavy (non-hydrogen) atoms. The summed E-state index contributed by atoms with van der Waals surface area (Å²) in [5.41, 5.74) is 5.56. The van der Waals surface area contributed by atoms with Crippen LogP contribution in [-0.4, -0.2) is 92.1 Å². The van der Waals surface area contributed by atoms with E-state index in [1.807, 2.05) is 0 Å². The first-order valence-electron chi connectivity index (χ1n) is 9.42. The largest absolute Gasteiger partial charge is 0.481 e. The fourth-order valence-electron chi connectivity index (χ4n) is 2.33. The third-order valence-corrected chi connectivity index (χ3v) is 4.51. The molecule has 0 aliphatic carbocycles. The summed E-state index contributed by atoms with van der Waals surface area (Å²) < 4.78 is 0. The molecule has 0 aromatic rings. The van der Waals surface area contributed by atoms with E-state index in [1.165, 1.54) is 6.92 Å². The first-order chi connectivity index (χ1) is 14.8. The van der Waals surface area contributed by atoms with Gasteiger partial charge in [0.2, 0.25) is 17.7 Å². The number of aliphatic hydroxyl groups is 1. The molecular weight excluding hydrogens is 452 g/mol. The number of carbonyl (C=O) groups excluding carboxylic acids is 3. The smallest absolute Gasteiger partial charge is 0.326 e. The van der Waals surface area contributed by atoms with E-state index in [4.69, 9.17) is 21.1 Å². The molecule has 0 bridgehead atoms. The summed E-state index contributed by atoms with van der Waals surface area (Å²) in [6, 6.07) is -5.74. The second-order valence-corrected chi connectivity index (χ2v) is 7.21. The Morgan fingerprint density at radius 3 is 1.75 bits per heavy atom. The number of carboxylic acid groups (broad SMARTS) is 3. The number of carboxylic acids is 3. The zero-order chi connectivity index (χ0) is 25.0. The highest BCUT2D eigenvalue weighted by molar-refractivity contribution is 7.80. The van der Waals surface area contributed by atoms with Crippen molar-refractivity contribution in [2.45, 2.75) is 62.9 Å². The molecule has 5 atom stereocenters. The van der Waals surface area contributed by atoms with E-state index in [1.54, 1.807) is 0 Å². The monoisotopic (exact) mass is 480 g/mol. The molecule has 9 N–H and O–H groups in total. The summed E-state index contributed by atoms with van der Waals surface area (Å²) in [5.74, 6) is -7.09. The van der Waals surface area contributed by atoms with E-state index in [9.17, 15) is 33.9 Å². The van der Waals surface area contributed by atoms with Crippen molar-refractivity contribution in [1.82, 2.24) is 16.0 Å². The molecule has 0 rings (SSSR count). The zero-order valence-electron chi connectivity index (χ0n) is 17.2. The van der Waals surface area contributed by atoms with Crippen LogP contribution >= 0.6 is 12.6 Å². The number of thiol groups is 1. The first-order valence-corrected chi connectivity index (χ1v) is 10.0. The van der Waals surface area contributed by atoms with E-state index in [0.29, 0.717) is 0 Å². The molecule has 3 amide bonds. The Bertz CT molecular complexity index is 717. The van der Waals surface area contributed by atoms with Gasteiger partial charge < -0.3 is 42.1 Å². The van der Waals surface area contributed by atoms with Crippen LogP contribution in [0.3, 0.4) is 0 Å². The predicted molar refractivity (Wildman–Crippen MR) is 111 cm³/mol. The predicted octanol–water partition coefficient (Wildman–Crippen LogP) is -3.11. The lowest BCUT2D eigenvalue weighted by molar-refractivity contribution is -0.143. The Morgan fingerprint density at radius 1 is 0.812 bits per heavy atom. The summed E-state index contributed by atoms with van der Waals surface area (Å²) in [5, 5.41) is 42.7. The first kappa shape index (κ1) is 29.1. The topological polar surface area (TPSA) is 245 Å². The molecule has 0 saturated heterocycles. The molecule has 5 unspecified atom stereocenters. The highest BCUT2D eigenvalue weighted by Crippen LogP contribution is 2.03. The van der Waals surface area contributed by atoms with Crippen molar-refractivity contribution in [3.8, 4) is 0 Å². The number of nitrogens with two attached hydrogens (primary N) is 1. The van der Waals surface area contributed by atoms with Gasteiger partial charge in [-0.2, -0.15) is 12.6 Å². The fourth-order valence-corrected chi connectivity index (χ4v) is 2.59. The highest BCUT2D eigenvalue weighted by Gasteiger charge is 2.32. The van der Waals surface area contributed by atoms with Crippen LogP contribution in [0.25, 0.3) is 0 Å². The van der Waals surface area contributed by atoms with Gasteiger partial charge in [0.15, 0.2) is 0 Å². The lowest BCUT2D eigenvalue weighted by Gasteiger charge is -2.25. The average Bonchev–Trinajstić information content (AvgIpc) is 2.69. The maximum absolute atomic E-state index is 12.5. The Morgan fingerprint density at radius 2 is 1.31 bits per heavy atom. The van der Waals surface area contributed by atoms with Gasteiger partial charge in [-0.1, -0.05) is 0 Å². The minimum atomic E-state index is -1.56. The molecule has 0 aromatic heterocycles. The van der Waals surface area contributed by atoms with Crippen LogP contribution in [0.1, 0.15) is 32.6 Å². The van der Waals surface area contributed by atoms with Crippen molar-refractivity contribution in [2.24, 2.45) is 5.73 Å². The molecule has 0 aliphatic rings. The molecule has 182 valence electrons. The van der Waals surface area contributed by atoms with Crippen LogP contribution in [0.2, 0.25) is 0 Å². The van der Waals surface area contributed by atoms with Crippen LogP contribution < -0.4 is 21.7 Å². The zero-order valence-corrected chi connectivity index (χ0v) is 18.1. The SMILES string of the molecule is CC(O)C(NC(=O)C(N)CCC(=O)O)C(=O)NC(CS)C(=O)NC(CCC(=O)O)C(=O)O. The number of aliphatic carboxylic acids is 3. The minimum absolute atomic E-state index is 0.218. The van der Waals surface area contributed by atoms with Gasteiger partial charge >= 0.3 is 17.9 Å². The van der Waals surface area contributed by atoms with Crippen LogP contribution in [0, 0.1) is 0 Å². The van der Waals surface area contributed by atoms with Gasteiger partial charge in [-0.3, -0.25) is 24.0 Å². The van der Waals surface area contributed by atoms with E-state index in [-0.39, 0.29) is 12.2 Å². The number of aliphatic hydroxyl groups excluding tert-OH is 1. The van der Waals surface area contributed by atoms with Crippen molar-refractivity contribution >= 4 is 48.3 Å². The number of hydrogen-bond donors (Lipinski definition) is 9. The molecule has 0 spiro atoms. The second-order valence-electron chi connectivity index (χ2n) is 6.84. The van der Waals surface area contributed by atoms with E-state index in [2.05, 4.69) is 28.6 Å². The summed E-state index contributed by atoms with van der Waals surface area (Å²) in [7, 11) is 0. The van der Waals surface area contributed by atoms with Crippen LogP contribution in [-0.2, 0) is 28.8 Å². The standard InChI is InChI=1S/C17H28N4O10S/c1-7(22)13(21-14(27)8(18)2-4-11(23)24)16(29)20-10(6-32)15(28)19-9(17(30)31)3-5-12(25)26/h7-10,13,22,32H,2-6,18H2,1H3,(H,19,28)(H,20,29)(H,21,27)(H,23,24)(H,25,26)(H,30,31). The Kier molecular flexibility index (Phi) is 12.9.